The molecule has 0 saturated carbocycles. The van der Waals surface area contributed by atoms with Crippen LogP contribution >= 0.6 is 15.9 Å². The summed E-state index contributed by atoms with van der Waals surface area (Å²) in [5, 5.41) is 13.2. The topological polar surface area (TPSA) is 62.2 Å². The number of pyridine rings is 1. The Morgan fingerprint density at radius 2 is 2.41 bits per heavy atom. The number of aromatic hydroxyl groups is 1. The predicted octanol–water partition coefficient (Wildman–Crippen LogP) is 2.33. The number of nitrogens with one attached hydrogen (secondary N) is 1. The summed E-state index contributed by atoms with van der Waals surface area (Å²) in [5.74, 6) is 0.274. The third-order valence-corrected chi connectivity index (χ3v) is 3.57. The van der Waals surface area contributed by atoms with Gasteiger partial charge in [-0.05, 0) is 24.8 Å². The second-order valence-corrected chi connectivity index (χ2v) is 4.70. The molecule has 5 heteroatoms. The molecule has 0 bridgehead atoms. The summed E-state index contributed by atoms with van der Waals surface area (Å²) >= 11 is 3.41. The number of hydrogen-bond donors (Lipinski definition) is 2. The van der Waals surface area contributed by atoms with Crippen molar-refractivity contribution in [3.8, 4) is 5.75 Å². The van der Waals surface area contributed by atoms with Gasteiger partial charge in [0, 0.05) is 18.1 Å². The van der Waals surface area contributed by atoms with Gasteiger partial charge in [0.25, 0.3) is 5.91 Å². The van der Waals surface area contributed by atoms with Crippen LogP contribution in [0.1, 0.15) is 30.1 Å². The molecule has 2 N–H and O–H groups in total. The molecule has 4 nitrogen and oxygen atoms in total. The van der Waals surface area contributed by atoms with Gasteiger partial charge >= 0.3 is 0 Å². The van der Waals surface area contributed by atoms with Crippen molar-refractivity contribution in [2.75, 3.05) is 11.9 Å². The van der Waals surface area contributed by atoms with Crippen LogP contribution in [0.4, 0.5) is 0 Å². The Kier molecular flexibility index (Phi) is 5.97. The SMILES string of the molecule is CC(CBr)CCCNC(=O)c1ccncc1O. The number of aromatic nitrogens is 1. The Balaban J connectivity index is 2.33. The Bertz CT molecular complexity index is 371. The number of rotatable bonds is 6. The zero-order valence-corrected chi connectivity index (χ0v) is 11.4. The van der Waals surface area contributed by atoms with E-state index < -0.39 is 0 Å². The highest BCUT2D eigenvalue weighted by Gasteiger charge is 2.09. The molecule has 0 aromatic carbocycles. The smallest absolute Gasteiger partial charge is 0.255 e. The fourth-order valence-corrected chi connectivity index (χ4v) is 1.73. The minimum Gasteiger partial charge on any atom is -0.505 e. The Hall–Kier alpha value is -1.10. The van der Waals surface area contributed by atoms with Crippen LogP contribution in [-0.4, -0.2) is 27.9 Å². The van der Waals surface area contributed by atoms with Crippen molar-refractivity contribution in [1.29, 1.82) is 0 Å². The van der Waals surface area contributed by atoms with Gasteiger partial charge in [-0.25, -0.2) is 0 Å². The van der Waals surface area contributed by atoms with Crippen molar-refractivity contribution in [3.05, 3.63) is 24.0 Å². The van der Waals surface area contributed by atoms with E-state index in [0.717, 1.165) is 18.2 Å². The van der Waals surface area contributed by atoms with E-state index in [1.165, 1.54) is 18.5 Å². The van der Waals surface area contributed by atoms with Gasteiger partial charge in [-0.1, -0.05) is 22.9 Å². The lowest BCUT2D eigenvalue weighted by atomic mass is 10.1. The molecule has 1 aromatic rings. The van der Waals surface area contributed by atoms with Crippen LogP contribution < -0.4 is 5.32 Å². The molecule has 94 valence electrons. The fraction of sp³-hybridized carbons (Fsp3) is 0.500. The largest absolute Gasteiger partial charge is 0.505 e. The molecule has 1 heterocycles. The molecular weight excluding hydrogens is 284 g/mol. The zero-order valence-electron chi connectivity index (χ0n) is 9.82. The standard InChI is InChI=1S/C12H17BrN2O2/c1-9(7-13)3-2-5-15-12(17)10-4-6-14-8-11(10)16/h4,6,8-9,16H,2-3,5,7H2,1H3,(H,15,17). The maximum Gasteiger partial charge on any atom is 0.255 e. The first kappa shape index (κ1) is 14.0. The molecular formula is C12H17BrN2O2. The van der Waals surface area contributed by atoms with Crippen molar-refractivity contribution < 1.29 is 9.90 Å². The molecule has 0 aliphatic heterocycles. The Morgan fingerprint density at radius 3 is 3.06 bits per heavy atom. The lowest BCUT2D eigenvalue weighted by Gasteiger charge is -2.08. The normalized spacial score (nSPS) is 12.1. The van der Waals surface area contributed by atoms with E-state index in [-0.39, 0.29) is 17.2 Å². The van der Waals surface area contributed by atoms with E-state index in [2.05, 4.69) is 33.2 Å². The van der Waals surface area contributed by atoms with Gasteiger partial charge in [0.05, 0.1) is 11.8 Å². The first-order valence-electron chi connectivity index (χ1n) is 5.62. The van der Waals surface area contributed by atoms with Crippen molar-refractivity contribution in [3.63, 3.8) is 0 Å². The monoisotopic (exact) mass is 300 g/mol. The van der Waals surface area contributed by atoms with E-state index >= 15 is 0 Å². The number of amides is 1. The molecule has 0 saturated heterocycles. The molecule has 1 atom stereocenters. The number of nitrogens with zero attached hydrogens (tertiary/aromatic N) is 1. The number of carbonyl (C=O) groups excluding carboxylic acids is 1. The van der Waals surface area contributed by atoms with Gasteiger partial charge < -0.3 is 10.4 Å². The molecule has 0 fully saturated rings. The summed E-state index contributed by atoms with van der Waals surface area (Å²) < 4.78 is 0. The highest BCUT2D eigenvalue weighted by Crippen LogP contribution is 2.13. The van der Waals surface area contributed by atoms with Crippen LogP contribution in [0.5, 0.6) is 5.75 Å². The summed E-state index contributed by atoms with van der Waals surface area (Å²) in [7, 11) is 0. The van der Waals surface area contributed by atoms with Crippen molar-refractivity contribution in [1.82, 2.24) is 10.3 Å². The van der Waals surface area contributed by atoms with Crippen LogP contribution in [0, 0.1) is 5.92 Å². The minimum atomic E-state index is -0.253. The molecule has 1 amide bonds. The van der Waals surface area contributed by atoms with Crippen LogP contribution in [0.25, 0.3) is 0 Å². The van der Waals surface area contributed by atoms with E-state index in [0.29, 0.717) is 12.5 Å². The van der Waals surface area contributed by atoms with Gasteiger partial charge in [-0.2, -0.15) is 0 Å². The van der Waals surface area contributed by atoms with Gasteiger partial charge in [-0.3, -0.25) is 9.78 Å². The second-order valence-electron chi connectivity index (χ2n) is 4.05. The van der Waals surface area contributed by atoms with Gasteiger partial charge in [-0.15, -0.1) is 0 Å². The average molecular weight is 301 g/mol. The summed E-state index contributed by atoms with van der Waals surface area (Å²) in [5.41, 5.74) is 0.272. The molecule has 0 spiro atoms. The van der Waals surface area contributed by atoms with Gasteiger partial charge in [0.2, 0.25) is 0 Å². The number of halogens is 1. The summed E-state index contributed by atoms with van der Waals surface area (Å²) in [4.78, 5) is 15.4. The first-order chi connectivity index (χ1) is 8.15. The van der Waals surface area contributed by atoms with E-state index in [4.69, 9.17) is 0 Å². The van der Waals surface area contributed by atoms with Crippen LogP contribution in [0.3, 0.4) is 0 Å². The maximum absolute atomic E-state index is 11.7. The molecule has 0 aliphatic carbocycles. The third kappa shape index (κ3) is 4.73. The lowest BCUT2D eigenvalue weighted by molar-refractivity contribution is 0.0950. The number of alkyl halides is 1. The number of hydrogen-bond acceptors (Lipinski definition) is 3. The lowest BCUT2D eigenvalue weighted by Crippen LogP contribution is -2.24. The highest BCUT2D eigenvalue weighted by atomic mass is 79.9. The minimum absolute atomic E-state index is 0.0844. The Morgan fingerprint density at radius 1 is 1.65 bits per heavy atom. The second kappa shape index (κ2) is 7.27. The van der Waals surface area contributed by atoms with Crippen molar-refractivity contribution >= 4 is 21.8 Å². The third-order valence-electron chi connectivity index (χ3n) is 2.47. The molecule has 0 radical (unpaired) electrons. The van der Waals surface area contributed by atoms with Crippen LogP contribution in [-0.2, 0) is 0 Å². The van der Waals surface area contributed by atoms with Crippen molar-refractivity contribution in [2.24, 2.45) is 5.92 Å². The predicted molar refractivity (Wildman–Crippen MR) is 70.4 cm³/mol. The van der Waals surface area contributed by atoms with Crippen LogP contribution in [0.15, 0.2) is 18.5 Å². The highest BCUT2D eigenvalue weighted by molar-refractivity contribution is 9.09. The molecule has 1 aromatic heterocycles. The van der Waals surface area contributed by atoms with Gasteiger partial charge in [0.15, 0.2) is 0 Å². The molecule has 1 unspecified atom stereocenters. The summed E-state index contributed by atoms with van der Waals surface area (Å²) in [6, 6.07) is 1.51. The molecule has 17 heavy (non-hydrogen) atoms. The average Bonchev–Trinajstić information content (AvgIpc) is 2.34. The van der Waals surface area contributed by atoms with Gasteiger partial charge in [0.1, 0.15) is 5.75 Å². The number of carbonyl (C=O) groups is 1. The first-order valence-corrected chi connectivity index (χ1v) is 6.74. The fourth-order valence-electron chi connectivity index (χ4n) is 1.40. The quantitative estimate of drug-likeness (QED) is 0.626. The van der Waals surface area contributed by atoms with E-state index in [1.54, 1.807) is 0 Å². The van der Waals surface area contributed by atoms with Crippen LogP contribution in [0.2, 0.25) is 0 Å². The molecule has 0 aliphatic rings. The summed E-state index contributed by atoms with van der Waals surface area (Å²) in [6.45, 7) is 2.78. The van der Waals surface area contributed by atoms with E-state index in [9.17, 15) is 9.90 Å². The maximum atomic E-state index is 11.7. The zero-order chi connectivity index (χ0) is 12.7. The Labute approximate surface area is 110 Å². The summed E-state index contributed by atoms with van der Waals surface area (Å²) in [6.07, 6.45) is 4.75. The van der Waals surface area contributed by atoms with E-state index in [1.807, 2.05) is 0 Å². The molecule has 1 rings (SSSR count). The van der Waals surface area contributed by atoms with Crippen molar-refractivity contribution in [2.45, 2.75) is 19.8 Å².